The summed E-state index contributed by atoms with van der Waals surface area (Å²) in [5.74, 6) is 0.712. The van der Waals surface area contributed by atoms with E-state index < -0.39 is 0 Å². The summed E-state index contributed by atoms with van der Waals surface area (Å²) in [7, 11) is 0. The zero-order chi connectivity index (χ0) is 36.2. The van der Waals surface area contributed by atoms with Gasteiger partial charge in [-0.3, -0.25) is 0 Å². The lowest BCUT2D eigenvalue weighted by Gasteiger charge is -2.13. The summed E-state index contributed by atoms with van der Waals surface area (Å²) in [5.41, 5.74) is 13.0. The molecule has 0 spiro atoms. The molecule has 8 rings (SSSR count). The summed E-state index contributed by atoms with van der Waals surface area (Å²) in [6.07, 6.45) is 11.5. The Labute approximate surface area is 306 Å². The van der Waals surface area contributed by atoms with Gasteiger partial charge in [-0.2, -0.15) is 0 Å². The number of rotatable bonds is 8. The molecule has 0 aliphatic rings. The fourth-order valence-corrected chi connectivity index (χ4v) is 7.30. The number of benzene rings is 5. The largest absolute Gasteiger partial charge is 0.316 e. The molecule has 0 amide bonds. The van der Waals surface area contributed by atoms with E-state index in [1.165, 1.54) is 27.2 Å². The lowest BCUT2D eigenvalue weighted by Crippen LogP contribution is -1.99. The van der Waals surface area contributed by atoms with Gasteiger partial charge in [-0.1, -0.05) is 124 Å². The fraction of sp³-hybridized carbons (Fsp3) is 0.125. The molecule has 0 aliphatic carbocycles. The van der Waals surface area contributed by atoms with Crippen LogP contribution >= 0.6 is 0 Å². The first-order valence-electron chi connectivity index (χ1n) is 18.2. The van der Waals surface area contributed by atoms with E-state index in [0.29, 0.717) is 5.82 Å². The lowest BCUT2D eigenvalue weighted by molar-refractivity contribution is 1.12. The summed E-state index contributed by atoms with van der Waals surface area (Å²) in [6.45, 7) is 14.7. The van der Waals surface area contributed by atoms with Crippen molar-refractivity contribution < 1.29 is 0 Å². The smallest absolute Gasteiger partial charge is 0.160 e. The molecule has 0 unspecified atom stereocenters. The maximum atomic E-state index is 5.15. The molecular weight excluding hydrogens is 633 g/mol. The van der Waals surface area contributed by atoms with Crippen molar-refractivity contribution in [3.63, 3.8) is 0 Å². The van der Waals surface area contributed by atoms with Gasteiger partial charge in [-0.05, 0) is 85.5 Å². The van der Waals surface area contributed by atoms with Crippen LogP contribution in [0.25, 0.3) is 78.4 Å². The highest BCUT2D eigenvalue weighted by Crippen LogP contribution is 2.41. The number of allylic oxidation sites excluding steroid dienone is 4. The van der Waals surface area contributed by atoms with Crippen LogP contribution < -0.4 is 0 Å². The van der Waals surface area contributed by atoms with Crippen LogP contribution in [0.2, 0.25) is 0 Å². The monoisotopic (exact) mass is 676 g/mol. The van der Waals surface area contributed by atoms with E-state index in [-0.39, 0.29) is 0 Å². The zero-order valence-corrected chi connectivity index (χ0v) is 30.6. The number of hydrogen-bond acceptors (Lipinski definition) is 2. The Balaban J connectivity index is 0.00000207. The van der Waals surface area contributed by atoms with Crippen LogP contribution in [0.1, 0.15) is 50.9 Å². The van der Waals surface area contributed by atoms with Gasteiger partial charge in [-0.15, -0.1) is 0 Å². The third-order valence-electron chi connectivity index (χ3n) is 9.48. The maximum Gasteiger partial charge on any atom is 0.160 e. The van der Waals surface area contributed by atoms with Crippen molar-refractivity contribution in [2.75, 3.05) is 0 Å². The minimum absolute atomic E-state index is 0.712. The SMILES string of the molecule is C=Cc1cccc2c1c1c(C)c3c(ccn3-c3ccccc3)cc1n2-c1cccc(-c2cc(C(/C=C\C)=C/CC)nc(-c3ccccc3)n2)c1.CC. The summed E-state index contributed by atoms with van der Waals surface area (Å²) < 4.78 is 4.70. The molecule has 256 valence electrons. The zero-order valence-electron chi connectivity index (χ0n) is 30.6. The molecule has 5 aromatic carbocycles. The lowest BCUT2D eigenvalue weighted by atomic mass is 10.0. The van der Waals surface area contributed by atoms with Crippen molar-refractivity contribution in [2.24, 2.45) is 0 Å². The molecule has 0 radical (unpaired) electrons. The molecule has 4 heteroatoms. The molecule has 3 heterocycles. The van der Waals surface area contributed by atoms with Crippen LogP contribution in [-0.2, 0) is 0 Å². The van der Waals surface area contributed by atoms with Crippen LogP contribution in [0, 0.1) is 6.92 Å². The number of aromatic nitrogens is 4. The Morgan fingerprint density at radius 3 is 2.17 bits per heavy atom. The normalized spacial score (nSPS) is 11.8. The number of hydrogen-bond donors (Lipinski definition) is 0. The number of para-hydroxylation sites is 1. The van der Waals surface area contributed by atoms with Gasteiger partial charge in [0.25, 0.3) is 0 Å². The minimum atomic E-state index is 0.712. The topological polar surface area (TPSA) is 35.6 Å². The second kappa shape index (κ2) is 14.9. The molecule has 0 atom stereocenters. The Hall–Kier alpha value is -6.26. The van der Waals surface area contributed by atoms with E-state index >= 15 is 0 Å². The number of nitrogens with zero attached hydrogens (tertiary/aromatic N) is 4. The van der Waals surface area contributed by atoms with Crippen molar-refractivity contribution in [3.05, 3.63) is 169 Å². The molecule has 0 bridgehead atoms. The molecule has 0 N–H and O–H groups in total. The van der Waals surface area contributed by atoms with Crippen molar-refractivity contribution >= 4 is 44.4 Å². The summed E-state index contributed by atoms with van der Waals surface area (Å²) in [4.78, 5) is 10.2. The first-order valence-corrected chi connectivity index (χ1v) is 18.2. The average molecular weight is 677 g/mol. The van der Waals surface area contributed by atoms with Crippen LogP contribution in [0.15, 0.2) is 152 Å². The fourth-order valence-electron chi connectivity index (χ4n) is 7.30. The highest BCUT2D eigenvalue weighted by molar-refractivity contribution is 6.18. The highest BCUT2D eigenvalue weighted by Gasteiger charge is 2.20. The third-order valence-corrected chi connectivity index (χ3v) is 9.48. The summed E-state index contributed by atoms with van der Waals surface area (Å²) in [5, 5.41) is 3.64. The number of aryl methyl sites for hydroxylation is 1. The molecule has 8 aromatic rings. The van der Waals surface area contributed by atoms with Crippen LogP contribution in [0.4, 0.5) is 0 Å². The Bertz CT molecular complexity index is 2600. The predicted octanol–water partition coefficient (Wildman–Crippen LogP) is 13.2. The maximum absolute atomic E-state index is 5.15. The Morgan fingerprint density at radius 1 is 0.731 bits per heavy atom. The second-order valence-electron chi connectivity index (χ2n) is 12.6. The van der Waals surface area contributed by atoms with Gasteiger partial charge in [0.15, 0.2) is 5.82 Å². The Morgan fingerprint density at radius 2 is 1.44 bits per heavy atom. The van der Waals surface area contributed by atoms with Crippen molar-refractivity contribution in [3.8, 4) is 34.0 Å². The van der Waals surface area contributed by atoms with Crippen molar-refractivity contribution in [1.29, 1.82) is 0 Å². The van der Waals surface area contributed by atoms with E-state index in [2.05, 4.69) is 157 Å². The number of fused-ring (bicyclic) bond motifs is 4. The summed E-state index contributed by atoms with van der Waals surface area (Å²) in [6, 6.07) is 42.7. The van der Waals surface area contributed by atoms with Gasteiger partial charge >= 0.3 is 0 Å². The first-order chi connectivity index (χ1) is 25.6. The highest BCUT2D eigenvalue weighted by atomic mass is 15.0. The standard InChI is InChI=1S/C46H38N4.C2H6/c1-5-16-33(17-6-2)39-30-40(48-46(47-39)34-18-10-8-11-19-34)35-21-14-24-38(28-35)50-41-25-15-20-32(7-3)44(41)43-31(4)45-36(29-42(43)50)26-27-49(45)37-22-12-9-13-23-37;1-2/h5,7-30H,3,6H2,1-2,4H3;1-2H3/b16-5-,33-17+;. The molecule has 0 fully saturated rings. The second-order valence-corrected chi connectivity index (χ2v) is 12.6. The minimum Gasteiger partial charge on any atom is -0.316 e. The van der Waals surface area contributed by atoms with Gasteiger partial charge in [0, 0.05) is 44.9 Å². The first kappa shape index (κ1) is 34.2. The molecule has 0 saturated heterocycles. The molecule has 3 aromatic heterocycles. The molecule has 0 saturated carbocycles. The van der Waals surface area contributed by atoms with E-state index in [4.69, 9.17) is 9.97 Å². The van der Waals surface area contributed by atoms with Gasteiger partial charge in [0.05, 0.1) is 27.9 Å². The van der Waals surface area contributed by atoms with Gasteiger partial charge in [-0.25, -0.2) is 9.97 Å². The van der Waals surface area contributed by atoms with Gasteiger partial charge in [0.1, 0.15) is 0 Å². The summed E-state index contributed by atoms with van der Waals surface area (Å²) >= 11 is 0. The van der Waals surface area contributed by atoms with Crippen LogP contribution in [-0.4, -0.2) is 19.1 Å². The third kappa shape index (κ3) is 6.07. The van der Waals surface area contributed by atoms with Crippen LogP contribution in [0.5, 0.6) is 0 Å². The van der Waals surface area contributed by atoms with Crippen molar-refractivity contribution in [2.45, 2.75) is 41.0 Å². The van der Waals surface area contributed by atoms with E-state index in [0.717, 1.165) is 62.5 Å². The van der Waals surface area contributed by atoms with E-state index in [9.17, 15) is 0 Å². The predicted molar refractivity (Wildman–Crippen MR) is 223 cm³/mol. The average Bonchev–Trinajstić information content (AvgIpc) is 3.79. The van der Waals surface area contributed by atoms with Crippen molar-refractivity contribution in [1.82, 2.24) is 19.1 Å². The van der Waals surface area contributed by atoms with Gasteiger partial charge < -0.3 is 9.13 Å². The van der Waals surface area contributed by atoms with Gasteiger partial charge in [0.2, 0.25) is 0 Å². The molecule has 52 heavy (non-hydrogen) atoms. The molecular formula is C48H44N4. The van der Waals surface area contributed by atoms with E-state index in [1.807, 2.05) is 45.0 Å². The van der Waals surface area contributed by atoms with Crippen LogP contribution in [0.3, 0.4) is 0 Å². The Kier molecular flexibility index (Phi) is 9.81. The quantitative estimate of drug-likeness (QED) is 0.150. The van der Waals surface area contributed by atoms with E-state index in [1.54, 1.807) is 0 Å². The molecule has 0 aliphatic heterocycles. The molecule has 4 nitrogen and oxygen atoms in total.